The van der Waals surface area contributed by atoms with E-state index >= 15 is 0 Å². The molecule has 106 valence electrons. The van der Waals surface area contributed by atoms with Gasteiger partial charge in [0.25, 0.3) is 5.91 Å². The lowest BCUT2D eigenvalue weighted by Gasteiger charge is -2.13. The third kappa shape index (κ3) is 4.34. The summed E-state index contributed by atoms with van der Waals surface area (Å²) in [6.45, 7) is 3.42. The molecule has 1 unspecified atom stereocenters. The number of carbonyl (C=O) groups excluding carboxylic acids is 1. The van der Waals surface area contributed by atoms with Gasteiger partial charge in [0, 0.05) is 10.7 Å². The van der Waals surface area contributed by atoms with E-state index in [9.17, 15) is 4.79 Å². The van der Waals surface area contributed by atoms with Crippen molar-refractivity contribution in [2.24, 2.45) is 0 Å². The van der Waals surface area contributed by atoms with Crippen molar-refractivity contribution in [3.63, 3.8) is 0 Å². The van der Waals surface area contributed by atoms with E-state index in [1.54, 1.807) is 35.6 Å². The van der Waals surface area contributed by atoms with Crippen LogP contribution < -0.4 is 10.2 Å². The number of quaternary nitrogens is 1. The van der Waals surface area contributed by atoms with Crippen LogP contribution in [-0.4, -0.2) is 19.5 Å². The normalized spacial score (nSPS) is 12.2. The van der Waals surface area contributed by atoms with Gasteiger partial charge in [-0.25, -0.2) is 0 Å². The Morgan fingerprint density at radius 3 is 2.60 bits per heavy atom. The largest absolute Gasteiger partial charge is 0.325 e. The maximum Gasteiger partial charge on any atom is 0.279 e. The fourth-order valence-corrected chi connectivity index (χ4v) is 3.08. The molecule has 2 rings (SSSR count). The summed E-state index contributed by atoms with van der Waals surface area (Å²) in [6.07, 6.45) is 0. The highest BCUT2D eigenvalue weighted by molar-refractivity contribution is 7.10. The molecular weight excluding hydrogens is 292 g/mol. The van der Waals surface area contributed by atoms with Gasteiger partial charge >= 0.3 is 0 Å². The number of nitrogens with one attached hydrogen (secondary N) is 2. The Kier molecular flexibility index (Phi) is 5.17. The van der Waals surface area contributed by atoms with Crippen molar-refractivity contribution in [2.45, 2.75) is 13.5 Å². The number of halogens is 1. The van der Waals surface area contributed by atoms with Gasteiger partial charge in [-0.05, 0) is 48.2 Å². The Labute approximate surface area is 128 Å². The smallest absolute Gasteiger partial charge is 0.279 e. The molecule has 1 aromatic heterocycles. The highest BCUT2D eigenvalue weighted by Gasteiger charge is 2.12. The lowest BCUT2D eigenvalue weighted by molar-refractivity contribution is -0.884. The quantitative estimate of drug-likeness (QED) is 0.873. The van der Waals surface area contributed by atoms with Gasteiger partial charge in [-0.2, -0.15) is 0 Å². The van der Waals surface area contributed by atoms with E-state index in [1.807, 2.05) is 7.05 Å². The van der Waals surface area contributed by atoms with Gasteiger partial charge in [0.05, 0.1) is 11.9 Å². The molecule has 0 aliphatic rings. The van der Waals surface area contributed by atoms with Crippen molar-refractivity contribution in [2.75, 3.05) is 18.9 Å². The second-order valence-electron chi connectivity index (χ2n) is 4.89. The molecule has 0 bridgehead atoms. The lowest BCUT2D eigenvalue weighted by Crippen LogP contribution is -3.08. The van der Waals surface area contributed by atoms with Crippen molar-refractivity contribution < 1.29 is 9.69 Å². The summed E-state index contributed by atoms with van der Waals surface area (Å²) >= 11 is 7.55. The molecule has 2 aromatic rings. The molecule has 2 N–H and O–H groups in total. The average Bonchev–Trinajstić information content (AvgIpc) is 2.77. The first-order valence-electron chi connectivity index (χ1n) is 6.44. The second kappa shape index (κ2) is 6.88. The summed E-state index contributed by atoms with van der Waals surface area (Å²) in [5.74, 6) is 0.0130. The first-order chi connectivity index (χ1) is 9.54. The van der Waals surface area contributed by atoms with Crippen LogP contribution in [0.2, 0.25) is 5.02 Å². The van der Waals surface area contributed by atoms with Crippen molar-refractivity contribution in [1.82, 2.24) is 0 Å². The number of thiophene rings is 1. The van der Waals surface area contributed by atoms with Gasteiger partial charge in [-0.1, -0.05) is 11.6 Å². The van der Waals surface area contributed by atoms with Gasteiger partial charge in [-0.3, -0.25) is 4.79 Å². The molecule has 1 aromatic carbocycles. The standard InChI is InChI=1S/C15H17ClN2OS/c1-11-7-8-20-14(11)9-18(2)10-15(19)17-13-5-3-12(16)4-6-13/h3-8H,9-10H2,1-2H3,(H,17,19)/p+1. The van der Waals surface area contributed by atoms with Crippen LogP contribution in [0, 0.1) is 6.92 Å². The molecule has 0 radical (unpaired) electrons. The van der Waals surface area contributed by atoms with Crippen LogP contribution in [0.4, 0.5) is 5.69 Å². The lowest BCUT2D eigenvalue weighted by atomic mass is 10.3. The average molecular weight is 310 g/mol. The Morgan fingerprint density at radius 1 is 1.30 bits per heavy atom. The van der Waals surface area contributed by atoms with Crippen LogP contribution in [0.25, 0.3) is 0 Å². The van der Waals surface area contributed by atoms with Gasteiger partial charge < -0.3 is 10.2 Å². The molecule has 0 saturated heterocycles. The molecule has 0 aliphatic carbocycles. The number of likely N-dealkylation sites (N-methyl/N-ethyl adjacent to an activating group) is 1. The van der Waals surface area contributed by atoms with Crippen molar-refractivity contribution in [3.8, 4) is 0 Å². The fourth-order valence-electron chi connectivity index (χ4n) is 1.93. The molecule has 0 aliphatic heterocycles. The summed E-state index contributed by atoms with van der Waals surface area (Å²) in [4.78, 5) is 14.5. The van der Waals surface area contributed by atoms with Gasteiger partial charge in [0.1, 0.15) is 6.54 Å². The van der Waals surface area contributed by atoms with Gasteiger partial charge in [-0.15, -0.1) is 11.3 Å². The van der Waals surface area contributed by atoms with E-state index in [1.165, 1.54) is 15.3 Å². The second-order valence-corrected chi connectivity index (χ2v) is 6.33. The first-order valence-corrected chi connectivity index (χ1v) is 7.70. The van der Waals surface area contributed by atoms with E-state index < -0.39 is 0 Å². The number of hydrogen-bond acceptors (Lipinski definition) is 2. The zero-order valence-electron chi connectivity index (χ0n) is 11.6. The number of rotatable bonds is 5. The summed E-state index contributed by atoms with van der Waals surface area (Å²) in [6, 6.07) is 9.25. The predicted molar refractivity (Wildman–Crippen MR) is 84.6 cm³/mol. The molecule has 0 fully saturated rings. The van der Waals surface area contributed by atoms with E-state index in [2.05, 4.69) is 23.7 Å². The van der Waals surface area contributed by atoms with Crippen LogP contribution in [0.3, 0.4) is 0 Å². The molecular formula is C15H18ClN2OS+. The first kappa shape index (κ1) is 15.0. The van der Waals surface area contributed by atoms with Crippen molar-refractivity contribution in [3.05, 3.63) is 51.2 Å². The minimum absolute atomic E-state index is 0.0130. The monoisotopic (exact) mass is 309 g/mol. The van der Waals surface area contributed by atoms with E-state index in [4.69, 9.17) is 11.6 Å². The van der Waals surface area contributed by atoms with Crippen LogP contribution in [0.15, 0.2) is 35.7 Å². The number of benzene rings is 1. The Balaban J connectivity index is 1.85. The Hall–Kier alpha value is -1.36. The SMILES string of the molecule is Cc1ccsc1C[NH+](C)CC(=O)Nc1ccc(Cl)cc1. The molecule has 0 saturated carbocycles. The summed E-state index contributed by atoms with van der Waals surface area (Å²) < 4.78 is 0. The zero-order chi connectivity index (χ0) is 14.5. The number of aryl methyl sites for hydroxylation is 1. The fraction of sp³-hybridized carbons (Fsp3) is 0.267. The minimum Gasteiger partial charge on any atom is -0.325 e. The van der Waals surface area contributed by atoms with Crippen molar-refractivity contribution in [1.29, 1.82) is 0 Å². The minimum atomic E-state index is 0.0130. The number of hydrogen-bond donors (Lipinski definition) is 2. The highest BCUT2D eigenvalue weighted by atomic mass is 35.5. The molecule has 1 heterocycles. The molecule has 1 amide bonds. The number of anilines is 1. The molecule has 1 atom stereocenters. The van der Waals surface area contributed by atoms with E-state index in [0.29, 0.717) is 11.6 Å². The van der Waals surface area contributed by atoms with Gasteiger partial charge in [0.15, 0.2) is 6.54 Å². The number of carbonyl (C=O) groups is 1. The molecule has 3 nitrogen and oxygen atoms in total. The van der Waals surface area contributed by atoms with Gasteiger partial charge in [0.2, 0.25) is 0 Å². The molecule has 5 heteroatoms. The topological polar surface area (TPSA) is 33.5 Å². The molecule has 20 heavy (non-hydrogen) atoms. The predicted octanol–water partition coefficient (Wildman–Crippen LogP) is 2.36. The summed E-state index contributed by atoms with van der Waals surface area (Å²) in [7, 11) is 2.03. The maximum atomic E-state index is 12.0. The van der Waals surface area contributed by atoms with Crippen molar-refractivity contribution >= 4 is 34.5 Å². The van der Waals surface area contributed by atoms with Crippen LogP contribution in [-0.2, 0) is 11.3 Å². The van der Waals surface area contributed by atoms with E-state index in [0.717, 1.165) is 12.2 Å². The van der Waals surface area contributed by atoms with Crippen LogP contribution in [0.5, 0.6) is 0 Å². The van der Waals surface area contributed by atoms with E-state index in [-0.39, 0.29) is 5.91 Å². The van der Waals surface area contributed by atoms with Crippen LogP contribution >= 0.6 is 22.9 Å². The Morgan fingerprint density at radius 2 is 2.00 bits per heavy atom. The third-order valence-electron chi connectivity index (χ3n) is 3.02. The maximum absolute atomic E-state index is 12.0. The number of amides is 1. The summed E-state index contributed by atoms with van der Waals surface area (Å²) in [5, 5.41) is 5.63. The highest BCUT2D eigenvalue weighted by Crippen LogP contribution is 2.14. The summed E-state index contributed by atoms with van der Waals surface area (Å²) in [5.41, 5.74) is 2.08. The zero-order valence-corrected chi connectivity index (χ0v) is 13.1. The third-order valence-corrected chi connectivity index (χ3v) is 4.30. The molecule has 0 spiro atoms. The van der Waals surface area contributed by atoms with Crippen LogP contribution in [0.1, 0.15) is 10.4 Å². The Bertz CT molecular complexity index is 580.